The van der Waals surface area contributed by atoms with Crippen LogP contribution in [-0.4, -0.2) is 54.5 Å². The molecule has 1 aliphatic carbocycles. The molecule has 1 aromatic carbocycles. The number of allylic oxidation sites excluding steroid dienone is 2. The lowest BCUT2D eigenvalue weighted by Gasteiger charge is -2.31. The number of hydrazine groups is 1. The second-order valence-corrected chi connectivity index (χ2v) is 10.3. The van der Waals surface area contributed by atoms with Crippen molar-refractivity contribution in [2.24, 2.45) is 0 Å². The Morgan fingerprint density at radius 2 is 1.91 bits per heavy atom. The fourth-order valence-corrected chi connectivity index (χ4v) is 4.75. The summed E-state index contributed by atoms with van der Waals surface area (Å²) in [5.74, 6) is 0. The Balaban J connectivity index is 1.61. The molecule has 2 aliphatic rings. The summed E-state index contributed by atoms with van der Waals surface area (Å²) in [7, 11) is 1.79. The Hall–Kier alpha value is -2.05. The lowest BCUT2D eigenvalue weighted by atomic mass is 9.93. The van der Waals surface area contributed by atoms with E-state index in [1.807, 2.05) is 43.9 Å². The van der Waals surface area contributed by atoms with Gasteiger partial charge in [0.1, 0.15) is 5.60 Å². The Kier molecular flexibility index (Phi) is 9.63. The molecule has 0 aromatic heterocycles. The summed E-state index contributed by atoms with van der Waals surface area (Å²) in [6, 6.07) is 10.6. The molecule has 0 spiro atoms. The Bertz CT molecular complexity index is 773. The third-order valence-corrected chi connectivity index (χ3v) is 6.37. The van der Waals surface area contributed by atoms with E-state index in [1.165, 1.54) is 37.0 Å². The number of hydrogen-bond acceptors (Lipinski definition) is 5. The van der Waals surface area contributed by atoms with Gasteiger partial charge in [-0.3, -0.25) is 0 Å². The van der Waals surface area contributed by atoms with Crippen LogP contribution in [0.15, 0.2) is 41.6 Å². The molecule has 1 fully saturated rings. The molecule has 184 valence electrons. The van der Waals surface area contributed by atoms with Crippen molar-refractivity contribution in [2.45, 2.75) is 90.3 Å². The fourth-order valence-electron chi connectivity index (χ4n) is 4.75. The average molecular weight is 458 g/mol. The SMILES string of the molecule is COC[C@H]1CCCN1NC1=C(CCCN(Cc2ccccc2)C(=O)OC(C)(C)C)CCCC1. The molecule has 0 unspecified atom stereocenters. The van der Waals surface area contributed by atoms with E-state index in [1.54, 1.807) is 7.11 Å². The number of methoxy groups -OCH3 is 1. The van der Waals surface area contributed by atoms with Crippen molar-refractivity contribution >= 4 is 6.09 Å². The van der Waals surface area contributed by atoms with Crippen LogP contribution in [0.5, 0.6) is 0 Å². The first kappa shape index (κ1) is 25.6. The molecule has 1 aliphatic heterocycles. The molecule has 3 rings (SSSR count). The topological polar surface area (TPSA) is 54.0 Å². The molecule has 0 bridgehead atoms. The summed E-state index contributed by atoms with van der Waals surface area (Å²) in [6.45, 7) is 8.89. The van der Waals surface area contributed by atoms with Crippen LogP contribution < -0.4 is 5.43 Å². The average Bonchev–Trinajstić information content (AvgIpc) is 3.20. The van der Waals surface area contributed by atoms with Crippen LogP contribution >= 0.6 is 0 Å². The number of carbonyl (C=O) groups excluding carboxylic acids is 1. The molecular formula is C27H43N3O3. The highest BCUT2D eigenvalue weighted by Crippen LogP contribution is 2.28. The van der Waals surface area contributed by atoms with Crippen molar-refractivity contribution in [3.8, 4) is 0 Å². The zero-order valence-corrected chi connectivity index (χ0v) is 21.1. The summed E-state index contributed by atoms with van der Waals surface area (Å²) < 4.78 is 11.1. The largest absolute Gasteiger partial charge is 0.444 e. The number of benzene rings is 1. The highest BCUT2D eigenvalue weighted by Gasteiger charge is 2.26. The Morgan fingerprint density at radius 1 is 1.15 bits per heavy atom. The monoisotopic (exact) mass is 457 g/mol. The zero-order valence-electron chi connectivity index (χ0n) is 21.1. The van der Waals surface area contributed by atoms with Crippen LogP contribution in [0.25, 0.3) is 0 Å². The fraction of sp³-hybridized carbons (Fsp3) is 0.667. The summed E-state index contributed by atoms with van der Waals surface area (Å²) in [6.07, 6.45) is 8.88. The van der Waals surface area contributed by atoms with E-state index in [4.69, 9.17) is 9.47 Å². The number of nitrogens with zero attached hydrogens (tertiary/aromatic N) is 2. The Labute approximate surface area is 200 Å². The first-order valence-electron chi connectivity index (χ1n) is 12.6. The van der Waals surface area contributed by atoms with Gasteiger partial charge in [-0.1, -0.05) is 30.3 Å². The summed E-state index contributed by atoms with van der Waals surface area (Å²) in [5, 5.41) is 2.38. The van der Waals surface area contributed by atoms with Gasteiger partial charge in [0.05, 0.1) is 12.6 Å². The minimum absolute atomic E-state index is 0.234. The van der Waals surface area contributed by atoms with E-state index in [9.17, 15) is 4.79 Å². The van der Waals surface area contributed by atoms with Crippen molar-refractivity contribution in [3.63, 3.8) is 0 Å². The second kappa shape index (κ2) is 12.4. The normalized spacial score (nSPS) is 19.6. The molecule has 1 aromatic rings. The van der Waals surface area contributed by atoms with Gasteiger partial charge < -0.3 is 19.8 Å². The molecule has 1 heterocycles. The van der Waals surface area contributed by atoms with Crippen LogP contribution in [0.3, 0.4) is 0 Å². The molecule has 0 saturated carbocycles. The van der Waals surface area contributed by atoms with Crippen LogP contribution in [0.2, 0.25) is 0 Å². The predicted molar refractivity (Wildman–Crippen MR) is 133 cm³/mol. The van der Waals surface area contributed by atoms with E-state index in [-0.39, 0.29) is 6.09 Å². The number of hydrogen-bond donors (Lipinski definition) is 1. The highest BCUT2D eigenvalue weighted by molar-refractivity contribution is 5.68. The number of rotatable bonds is 10. The van der Waals surface area contributed by atoms with Crippen molar-refractivity contribution < 1.29 is 14.3 Å². The molecule has 1 amide bonds. The lowest BCUT2D eigenvalue weighted by Crippen LogP contribution is -2.43. The zero-order chi connectivity index (χ0) is 23.7. The van der Waals surface area contributed by atoms with Gasteiger partial charge in [-0.25, -0.2) is 9.80 Å². The van der Waals surface area contributed by atoms with Gasteiger partial charge >= 0.3 is 6.09 Å². The van der Waals surface area contributed by atoms with E-state index >= 15 is 0 Å². The van der Waals surface area contributed by atoms with E-state index in [0.29, 0.717) is 19.1 Å². The molecule has 1 atom stereocenters. The Morgan fingerprint density at radius 3 is 2.64 bits per heavy atom. The lowest BCUT2D eigenvalue weighted by molar-refractivity contribution is 0.0231. The third-order valence-electron chi connectivity index (χ3n) is 6.37. The molecule has 6 nitrogen and oxygen atoms in total. The van der Waals surface area contributed by atoms with Gasteiger partial charge in [0.15, 0.2) is 0 Å². The van der Waals surface area contributed by atoms with Crippen molar-refractivity contribution in [1.29, 1.82) is 0 Å². The number of carbonyl (C=O) groups is 1. The number of ether oxygens (including phenoxy) is 2. The third kappa shape index (κ3) is 8.35. The van der Waals surface area contributed by atoms with Crippen LogP contribution in [-0.2, 0) is 16.0 Å². The maximum absolute atomic E-state index is 12.9. The summed E-state index contributed by atoms with van der Waals surface area (Å²) in [5.41, 5.74) is 7.31. The van der Waals surface area contributed by atoms with Crippen LogP contribution in [0, 0.1) is 0 Å². The molecule has 33 heavy (non-hydrogen) atoms. The smallest absolute Gasteiger partial charge is 0.410 e. The van der Waals surface area contributed by atoms with Crippen molar-refractivity contribution in [2.75, 3.05) is 26.8 Å². The van der Waals surface area contributed by atoms with E-state index in [0.717, 1.165) is 44.4 Å². The van der Waals surface area contributed by atoms with Gasteiger partial charge in [0, 0.05) is 32.4 Å². The van der Waals surface area contributed by atoms with E-state index in [2.05, 4.69) is 22.6 Å². The predicted octanol–water partition coefficient (Wildman–Crippen LogP) is 5.65. The summed E-state index contributed by atoms with van der Waals surface area (Å²) in [4.78, 5) is 14.8. The maximum Gasteiger partial charge on any atom is 0.410 e. The maximum atomic E-state index is 12.9. The van der Waals surface area contributed by atoms with Gasteiger partial charge in [0.25, 0.3) is 0 Å². The van der Waals surface area contributed by atoms with Gasteiger partial charge in [-0.2, -0.15) is 0 Å². The van der Waals surface area contributed by atoms with Crippen molar-refractivity contribution in [3.05, 3.63) is 47.2 Å². The summed E-state index contributed by atoms with van der Waals surface area (Å²) >= 11 is 0. The quantitative estimate of drug-likeness (QED) is 0.492. The minimum Gasteiger partial charge on any atom is -0.444 e. The molecule has 6 heteroatoms. The first-order valence-corrected chi connectivity index (χ1v) is 12.6. The van der Waals surface area contributed by atoms with Crippen molar-refractivity contribution in [1.82, 2.24) is 15.3 Å². The highest BCUT2D eigenvalue weighted by atomic mass is 16.6. The number of amides is 1. The van der Waals surface area contributed by atoms with Crippen LogP contribution in [0.1, 0.15) is 77.7 Å². The molecule has 1 N–H and O–H groups in total. The number of nitrogens with one attached hydrogen (secondary N) is 1. The van der Waals surface area contributed by atoms with Gasteiger partial charge in [0.2, 0.25) is 0 Å². The standard InChI is InChI=1S/C27H43N3O3/c1-27(2,3)33-26(31)29(20-22-12-6-5-7-13-22)18-10-15-23-14-8-9-17-25(23)28-30-19-11-16-24(30)21-32-4/h5-7,12-13,24,28H,8-11,14-21H2,1-4H3/t24-/m1/s1. The molecular weight excluding hydrogens is 414 g/mol. The van der Waals surface area contributed by atoms with E-state index < -0.39 is 5.60 Å². The van der Waals surface area contributed by atoms with Crippen LogP contribution in [0.4, 0.5) is 4.79 Å². The second-order valence-electron chi connectivity index (χ2n) is 10.3. The molecule has 0 radical (unpaired) electrons. The minimum atomic E-state index is -0.497. The van der Waals surface area contributed by atoms with Gasteiger partial charge in [-0.05, 0) is 83.3 Å². The van der Waals surface area contributed by atoms with Gasteiger partial charge in [-0.15, -0.1) is 0 Å². The molecule has 1 saturated heterocycles. The first-order chi connectivity index (χ1) is 15.9.